The number of aromatic nitrogens is 3. The number of ether oxygens (including phenoxy) is 1. The quantitative estimate of drug-likeness (QED) is 0.894. The molecule has 5 nitrogen and oxygen atoms in total. The molecular formula is C14H18N4O. The topological polar surface area (TPSA) is 54.0 Å². The van der Waals surface area contributed by atoms with E-state index in [0.717, 1.165) is 43.6 Å². The fourth-order valence-electron chi connectivity index (χ4n) is 2.36. The molecule has 0 atom stereocenters. The van der Waals surface area contributed by atoms with Crippen molar-refractivity contribution >= 4 is 5.95 Å². The smallest absolute Gasteiger partial charge is 0.245 e. The summed E-state index contributed by atoms with van der Waals surface area (Å²) in [6.07, 6.45) is 0. The summed E-state index contributed by atoms with van der Waals surface area (Å²) in [5.41, 5.74) is 3.58. The van der Waals surface area contributed by atoms with E-state index < -0.39 is 0 Å². The number of benzene rings is 1. The Balaban J connectivity index is 1.87. The van der Waals surface area contributed by atoms with E-state index >= 15 is 0 Å². The van der Waals surface area contributed by atoms with Crippen LogP contribution in [-0.2, 0) is 4.74 Å². The number of hydrogen-bond acceptors (Lipinski definition) is 4. The number of nitrogens with one attached hydrogen (secondary N) is 1. The van der Waals surface area contributed by atoms with Crippen molar-refractivity contribution in [2.24, 2.45) is 0 Å². The summed E-state index contributed by atoms with van der Waals surface area (Å²) in [5, 5.41) is 7.35. The van der Waals surface area contributed by atoms with Crippen LogP contribution in [0.3, 0.4) is 0 Å². The van der Waals surface area contributed by atoms with E-state index in [-0.39, 0.29) is 0 Å². The van der Waals surface area contributed by atoms with Crippen molar-refractivity contribution in [3.8, 4) is 11.4 Å². The largest absolute Gasteiger partial charge is 0.378 e. The standard InChI is InChI=1S/C14H18N4O/c1-10-3-4-12(11(2)9-10)13-15-14(17-16-13)18-5-7-19-8-6-18/h3-4,9H,5-8H2,1-2H3,(H,15,16,17). The molecule has 1 aliphatic rings. The van der Waals surface area contributed by atoms with Gasteiger partial charge in [-0.15, -0.1) is 5.10 Å². The van der Waals surface area contributed by atoms with Gasteiger partial charge >= 0.3 is 0 Å². The lowest BCUT2D eigenvalue weighted by atomic mass is 10.1. The highest BCUT2D eigenvalue weighted by atomic mass is 16.5. The average Bonchev–Trinajstić information content (AvgIpc) is 2.89. The fraction of sp³-hybridized carbons (Fsp3) is 0.429. The molecule has 3 rings (SSSR count). The number of morpholine rings is 1. The maximum Gasteiger partial charge on any atom is 0.245 e. The molecule has 0 aliphatic carbocycles. The Morgan fingerprint density at radius 1 is 1.21 bits per heavy atom. The second-order valence-corrected chi connectivity index (χ2v) is 4.90. The summed E-state index contributed by atoms with van der Waals surface area (Å²) in [6.45, 7) is 7.38. The molecule has 0 amide bonds. The van der Waals surface area contributed by atoms with Gasteiger partial charge in [-0.1, -0.05) is 23.8 Å². The van der Waals surface area contributed by atoms with E-state index in [0.29, 0.717) is 0 Å². The number of aromatic amines is 1. The number of nitrogens with zero attached hydrogens (tertiary/aromatic N) is 3. The van der Waals surface area contributed by atoms with E-state index in [9.17, 15) is 0 Å². The second-order valence-electron chi connectivity index (χ2n) is 4.90. The minimum absolute atomic E-state index is 0.743. The number of rotatable bonds is 2. The molecule has 0 saturated carbocycles. The first kappa shape index (κ1) is 12.2. The van der Waals surface area contributed by atoms with Crippen LogP contribution in [-0.4, -0.2) is 41.5 Å². The van der Waals surface area contributed by atoms with Crippen molar-refractivity contribution in [2.45, 2.75) is 13.8 Å². The van der Waals surface area contributed by atoms with Gasteiger partial charge in [0.25, 0.3) is 0 Å². The lowest BCUT2D eigenvalue weighted by molar-refractivity contribution is 0.122. The van der Waals surface area contributed by atoms with Gasteiger partial charge < -0.3 is 9.64 Å². The molecule has 1 saturated heterocycles. The van der Waals surface area contributed by atoms with E-state index in [1.807, 2.05) is 0 Å². The minimum atomic E-state index is 0.743. The number of H-pyrrole nitrogens is 1. The molecule has 0 unspecified atom stereocenters. The van der Waals surface area contributed by atoms with Crippen LogP contribution in [0.15, 0.2) is 18.2 Å². The first-order chi connectivity index (χ1) is 9.24. The Labute approximate surface area is 112 Å². The Morgan fingerprint density at radius 2 is 2.00 bits per heavy atom. The van der Waals surface area contributed by atoms with Crippen LogP contribution in [0.25, 0.3) is 11.4 Å². The molecule has 1 N–H and O–H groups in total. The van der Waals surface area contributed by atoms with E-state index in [4.69, 9.17) is 4.74 Å². The Hall–Kier alpha value is -1.88. The predicted octanol–water partition coefficient (Wildman–Crippen LogP) is 1.93. The fourth-order valence-corrected chi connectivity index (χ4v) is 2.36. The van der Waals surface area contributed by atoms with Gasteiger partial charge in [-0.3, -0.25) is 5.10 Å². The van der Waals surface area contributed by atoms with Crippen LogP contribution in [0.5, 0.6) is 0 Å². The highest BCUT2D eigenvalue weighted by Crippen LogP contribution is 2.22. The van der Waals surface area contributed by atoms with E-state index in [1.165, 1.54) is 11.1 Å². The summed E-state index contributed by atoms with van der Waals surface area (Å²) < 4.78 is 5.34. The van der Waals surface area contributed by atoms with Gasteiger partial charge in [-0.05, 0) is 19.4 Å². The molecule has 0 bridgehead atoms. The Bertz CT molecular complexity index is 573. The van der Waals surface area contributed by atoms with Crippen LogP contribution in [0.2, 0.25) is 0 Å². The summed E-state index contributed by atoms with van der Waals surface area (Å²) in [6, 6.07) is 6.35. The summed E-state index contributed by atoms with van der Waals surface area (Å²) in [5.74, 6) is 1.59. The van der Waals surface area contributed by atoms with Crippen molar-refractivity contribution in [1.82, 2.24) is 15.2 Å². The first-order valence-electron chi connectivity index (χ1n) is 6.57. The lowest BCUT2D eigenvalue weighted by Gasteiger charge is -2.25. The van der Waals surface area contributed by atoms with Gasteiger partial charge in [0.05, 0.1) is 13.2 Å². The molecule has 1 aromatic heterocycles. The Morgan fingerprint density at radius 3 is 2.74 bits per heavy atom. The van der Waals surface area contributed by atoms with Crippen LogP contribution in [0.1, 0.15) is 11.1 Å². The van der Waals surface area contributed by atoms with Gasteiger partial charge in [-0.2, -0.15) is 4.98 Å². The lowest BCUT2D eigenvalue weighted by Crippen LogP contribution is -2.36. The predicted molar refractivity (Wildman–Crippen MR) is 74.3 cm³/mol. The normalized spacial score (nSPS) is 15.8. The minimum Gasteiger partial charge on any atom is -0.378 e. The van der Waals surface area contributed by atoms with Crippen molar-refractivity contribution in [3.05, 3.63) is 29.3 Å². The van der Waals surface area contributed by atoms with Crippen LogP contribution in [0.4, 0.5) is 5.95 Å². The molecule has 1 aromatic carbocycles. The van der Waals surface area contributed by atoms with Crippen LogP contribution >= 0.6 is 0 Å². The zero-order valence-corrected chi connectivity index (χ0v) is 11.3. The molecular weight excluding hydrogens is 240 g/mol. The van der Waals surface area contributed by atoms with Crippen LogP contribution < -0.4 is 4.90 Å². The number of aryl methyl sites for hydroxylation is 2. The Kier molecular flexibility index (Phi) is 3.21. The van der Waals surface area contributed by atoms with Gasteiger partial charge in [0, 0.05) is 18.7 Å². The maximum absolute atomic E-state index is 5.34. The van der Waals surface area contributed by atoms with Gasteiger partial charge in [0.2, 0.25) is 5.95 Å². The van der Waals surface area contributed by atoms with E-state index in [1.54, 1.807) is 0 Å². The number of anilines is 1. The van der Waals surface area contributed by atoms with E-state index in [2.05, 4.69) is 52.1 Å². The summed E-state index contributed by atoms with van der Waals surface area (Å²) in [4.78, 5) is 6.74. The molecule has 1 fully saturated rings. The molecule has 5 heteroatoms. The SMILES string of the molecule is Cc1ccc(-c2nc(N3CCOCC3)n[nH]2)c(C)c1. The number of hydrogen-bond donors (Lipinski definition) is 1. The zero-order chi connectivity index (χ0) is 13.2. The molecule has 2 heterocycles. The van der Waals surface area contributed by atoms with Gasteiger partial charge in [0.1, 0.15) is 0 Å². The van der Waals surface area contributed by atoms with Crippen molar-refractivity contribution < 1.29 is 4.74 Å². The average molecular weight is 258 g/mol. The maximum atomic E-state index is 5.34. The van der Waals surface area contributed by atoms with Crippen LogP contribution in [0, 0.1) is 13.8 Å². The summed E-state index contributed by atoms with van der Waals surface area (Å²) >= 11 is 0. The molecule has 2 aromatic rings. The van der Waals surface area contributed by atoms with Gasteiger partial charge in [0.15, 0.2) is 5.82 Å². The molecule has 100 valence electrons. The molecule has 19 heavy (non-hydrogen) atoms. The monoisotopic (exact) mass is 258 g/mol. The van der Waals surface area contributed by atoms with Crippen molar-refractivity contribution in [3.63, 3.8) is 0 Å². The highest BCUT2D eigenvalue weighted by molar-refractivity contribution is 5.61. The highest BCUT2D eigenvalue weighted by Gasteiger charge is 2.16. The third kappa shape index (κ3) is 2.46. The van der Waals surface area contributed by atoms with Crippen molar-refractivity contribution in [2.75, 3.05) is 31.2 Å². The van der Waals surface area contributed by atoms with Crippen molar-refractivity contribution in [1.29, 1.82) is 0 Å². The zero-order valence-electron chi connectivity index (χ0n) is 11.3. The molecule has 0 spiro atoms. The third-order valence-corrected chi connectivity index (χ3v) is 3.40. The summed E-state index contributed by atoms with van der Waals surface area (Å²) in [7, 11) is 0. The van der Waals surface area contributed by atoms with Gasteiger partial charge in [-0.25, -0.2) is 0 Å². The second kappa shape index (κ2) is 5.01. The molecule has 0 radical (unpaired) electrons. The first-order valence-corrected chi connectivity index (χ1v) is 6.57. The third-order valence-electron chi connectivity index (χ3n) is 3.40. The molecule has 1 aliphatic heterocycles.